The largest absolute Gasteiger partial charge is 0.332 e. The number of nitrogens with zero attached hydrogens (tertiary/aromatic N) is 2. The van der Waals surface area contributed by atoms with Crippen LogP contribution in [0.1, 0.15) is 11.1 Å². The summed E-state index contributed by atoms with van der Waals surface area (Å²) in [5.41, 5.74) is 1.18. The van der Waals surface area contributed by atoms with Crippen LogP contribution in [-0.4, -0.2) is 9.13 Å². The molecular weight excluding hydrogens is 379 g/mol. The first-order valence-electron chi connectivity index (χ1n) is 8.75. The van der Waals surface area contributed by atoms with E-state index < -0.39 is 11.5 Å². The number of aromatic nitrogens is 2. The summed E-state index contributed by atoms with van der Waals surface area (Å²) in [6, 6.07) is 20.3. The smallest absolute Gasteiger partial charge is 0.289 e. The van der Waals surface area contributed by atoms with Gasteiger partial charge in [0.1, 0.15) is 5.82 Å². The lowest BCUT2D eigenvalue weighted by Gasteiger charge is -2.15. The Labute approximate surface area is 165 Å². The van der Waals surface area contributed by atoms with Crippen molar-refractivity contribution in [3.05, 3.63) is 116 Å². The SMILES string of the molecule is O=c1c2ccccc2n(Cc2ccc(F)cc2Cl)c(=O)n1Cc1ccccc1. The zero-order valence-electron chi connectivity index (χ0n) is 14.8. The minimum Gasteiger partial charge on any atom is -0.289 e. The van der Waals surface area contributed by atoms with Crippen LogP contribution < -0.4 is 11.2 Å². The van der Waals surface area contributed by atoms with Gasteiger partial charge >= 0.3 is 5.69 Å². The Kier molecular flexibility index (Phi) is 4.84. The predicted molar refractivity (Wildman–Crippen MR) is 109 cm³/mol. The molecule has 3 aromatic carbocycles. The van der Waals surface area contributed by atoms with Gasteiger partial charge in [0.2, 0.25) is 0 Å². The van der Waals surface area contributed by atoms with E-state index in [9.17, 15) is 14.0 Å². The van der Waals surface area contributed by atoms with Gasteiger partial charge in [-0.1, -0.05) is 60.1 Å². The summed E-state index contributed by atoms with van der Waals surface area (Å²) >= 11 is 6.16. The third kappa shape index (κ3) is 3.37. The molecular formula is C22H16ClFN2O2. The van der Waals surface area contributed by atoms with Crippen molar-refractivity contribution in [3.8, 4) is 0 Å². The standard InChI is InChI=1S/C22H16ClFN2O2/c23-19-12-17(24)11-10-16(19)14-25-20-9-5-4-8-18(20)21(27)26(22(25)28)13-15-6-2-1-3-7-15/h1-12H,13-14H2. The van der Waals surface area contributed by atoms with Crippen molar-refractivity contribution in [1.82, 2.24) is 9.13 Å². The molecule has 0 radical (unpaired) electrons. The molecule has 0 atom stereocenters. The van der Waals surface area contributed by atoms with Crippen molar-refractivity contribution in [2.45, 2.75) is 13.1 Å². The first-order valence-corrected chi connectivity index (χ1v) is 9.12. The Morgan fingerprint density at radius 1 is 0.821 bits per heavy atom. The van der Waals surface area contributed by atoms with Crippen LogP contribution in [-0.2, 0) is 13.1 Å². The minimum absolute atomic E-state index is 0.132. The third-order valence-corrected chi connectivity index (χ3v) is 5.01. The number of hydrogen-bond acceptors (Lipinski definition) is 2. The molecule has 0 saturated heterocycles. The van der Waals surface area contributed by atoms with Crippen molar-refractivity contribution in [2.75, 3.05) is 0 Å². The molecule has 1 heterocycles. The van der Waals surface area contributed by atoms with Crippen LogP contribution in [0.3, 0.4) is 0 Å². The molecule has 0 amide bonds. The van der Waals surface area contributed by atoms with Crippen LogP contribution in [0.15, 0.2) is 82.4 Å². The summed E-state index contributed by atoms with van der Waals surface area (Å²) in [5, 5.41) is 0.674. The number of benzene rings is 3. The van der Waals surface area contributed by atoms with E-state index in [-0.39, 0.29) is 23.7 Å². The Morgan fingerprint density at radius 3 is 2.29 bits per heavy atom. The minimum atomic E-state index is -0.444. The Balaban J connectivity index is 1.92. The molecule has 0 aliphatic heterocycles. The molecule has 0 spiro atoms. The van der Waals surface area contributed by atoms with E-state index >= 15 is 0 Å². The first-order chi connectivity index (χ1) is 13.5. The van der Waals surface area contributed by atoms with E-state index in [1.54, 1.807) is 30.3 Å². The lowest BCUT2D eigenvalue weighted by atomic mass is 10.2. The van der Waals surface area contributed by atoms with Crippen LogP contribution in [0.25, 0.3) is 10.9 Å². The van der Waals surface area contributed by atoms with Crippen molar-refractivity contribution < 1.29 is 4.39 Å². The maximum Gasteiger partial charge on any atom is 0.332 e. The highest BCUT2D eigenvalue weighted by Crippen LogP contribution is 2.19. The predicted octanol–water partition coefficient (Wildman–Crippen LogP) is 4.05. The second-order valence-electron chi connectivity index (χ2n) is 6.50. The van der Waals surface area contributed by atoms with E-state index in [4.69, 9.17) is 11.6 Å². The highest BCUT2D eigenvalue weighted by Gasteiger charge is 2.14. The van der Waals surface area contributed by atoms with Crippen LogP contribution in [0.5, 0.6) is 0 Å². The van der Waals surface area contributed by atoms with Gasteiger partial charge in [0.15, 0.2) is 0 Å². The number of rotatable bonds is 4. The monoisotopic (exact) mass is 394 g/mol. The average molecular weight is 395 g/mol. The van der Waals surface area contributed by atoms with Crippen molar-refractivity contribution in [1.29, 1.82) is 0 Å². The van der Waals surface area contributed by atoms with E-state index in [2.05, 4.69) is 0 Å². The lowest BCUT2D eigenvalue weighted by Crippen LogP contribution is -2.40. The summed E-state index contributed by atoms with van der Waals surface area (Å²) in [5.74, 6) is -0.444. The van der Waals surface area contributed by atoms with Gasteiger partial charge in [0.05, 0.1) is 24.0 Å². The van der Waals surface area contributed by atoms with Crippen molar-refractivity contribution in [2.24, 2.45) is 0 Å². The Hall–Kier alpha value is -3.18. The van der Waals surface area contributed by atoms with Gasteiger partial charge in [0, 0.05) is 5.02 Å². The van der Waals surface area contributed by atoms with Gasteiger partial charge in [-0.05, 0) is 35.4 Å². The highest BCUT2D eigenvalue weighted by atomic mass is 35.5. The molecule has 0 unspecified atom stereocenters. The van der Waals surface area contributed by atoms with Gasteiger partial charge in [0.25, 0.3) is 5.56 Å². The molecule has 0 bridgehead atoms. The molecule has 140 valence electrons. The lowest BCUT2D eigenvalue weighted by molar-refractivity contribution is 0.621. The first kappa shape index (κ1) is 18.2. The molecule has 0 fully saturated rings. The number of hydrogen-bond donors (Lipinski definition) is 0. The molecule has 1 aromatic heterocycles. The summed E-state index contributed by atoms with van der Waals surface area (Å²) in [6.45, 7) is 0.300. The van der Waals surface area contributed by atoms with Gasteiger partial charge in [-0.15, -0.1) is 0 Å². The van der Waals surface area contributed by atoms with Crippen LogP contribution in [0, 0.1) is 5.82 Å². The number of para-hydroxylation sites is 1. The fraction of sp³-hybridized carbons (Fsp3) is 0.0909. The van der Waals surface area contributed by atoms with Gasteiger partial charge in [-0.25, -0.2) is 9.18 Å². The van der Waals surface area contributed by atoms with Crippen LogP contribution >= 0.6 is 11.6 Å². The van der Waals surface area contributed by atoms with Crippen LogP contribution in [0.2, 0.25) is 5.02 Å². The molecule has 6 heteroatoms. The molecule has 4 rings (SSSR count). The Bertz CT molecular complexity index is 1280. The zero-order valence-corrected chi connectivity index (χ0v) is 15.6. The van der Waals surface area contributed by atoms with Crippen LogP contribution in [0.4, 0.5) is 4.39 Å². The summed E-state index contributed by atoms with van der Waals surface area (Å²) in [4.78, 5) is 26.1. The van der Waals surface area contributed by atoms with Gasteiger partial charge in [-0.2, -0.15) is 0 Å². The van der Waals surface area contributed by atoms with E-state index in [0.717, 1.165) is 5.56 Å². The quantitative estimate of drug-likeness (QED) is 0.524. The van der Waals surface area contributed by atoms with E-state index in [1.165, 1.54) is 21.3 Å². The molecule has 0 aliphatic rings. The molecule has 28 heavy (non-hydrogen) atoms. The van der Waals surface area contributed by atoms with E-state index in [1.807, 2.05) is 30.3 Å². The normalized spacial score (nSPS) is 11.1. The molecule has 0 N–H and O–H groups in total. The fourth-order valence-electron chi connectivity index (χ4n) is 3.25. The molecule has 4 aromatic rings. The molecule has 4 nitrogen and oxygen atoms in total. The second kappa shape index (κ2) is 7.44. The zero-order chi connectivity index (χ0) is 19.7. The van der Waals surface area contributed by atoms with Crippen molar-refractivity contribution in [3.63, 3.8) is 0 Å². The topological polar surface area (TPSA) is 44.0 Å². The highest BCUT2D eigenvalue weighted by molar-refractivity contribution is 6.31. The summed E-state index contributed by atoms with van der Waals surface area (Å²) in [6.07, 6.45) is 0. The molecule has 0 saturated carbocycles. The maximum absolute atomic E-state index is 13.4. The number of fused-ring (bicyclic) bond motifs is 1. The van der Waals surface area contributed by atoms with Gasteiger partial charge < -0.3 is 0 Å². The Morgan fingerprint density at radius 2 is 1.54 bits per heavy atom. The number of halogens is 2. The summed E-state index contributed by atoms with van der Waals surface area (Å²) < 4.78 is 16.1. The fourth-order valence-corrected chi connectivity index (χ4v) is 3.48. The van der Waals surface area contributed by atoms with Gasteiger partial charge in [-0.3, -0.25) is 13.9 Å². The average Bonchev–Trinajstić information content (AvgIpc) is 2.71. The molecule has 0 aliphatic carbocycles. The van der Waals surface area contributed by atoms with E-state index in [0.29, 0.717) is 16.5 Å². The van der Waals surface area contributed by atoms with Crippen molar-refractivity contribution >= 4 is 22.5 Å². The third-order valence-electron chi connectivity index (χ3n) is 4.66. The maximum atomic E-state index is 13.4. The second-order valence-corrected chi connectivity index (χ2v) is 6.91. The summed E-state index contributed by atoms with van der Waals surface area (Å²) in [7, 11) is 0.